The van der Waals surface area contributed by atoms with E-state index in [1.54, 1.807) is 18.2 Å². The standard InChI is InChI=1S/C25H20F4N4O3S.ClH/c1-37(35,36)22-8-3-2-7-18(22)16-9-10-20(19(26)12-16)31-24(34)21-13-23(25(27,28)29)32-33(21)17-6-4-5-15(11-17)14-30;/h2-13H,14,30H2,1H3,(H,31,34);1H/p-1. The van der Waals surface area contributed by atoms with Gasteiger partial charge in [-0.2, -0.15) is 18.3 Å². The van der Waals surface area contributed by atoms with Crippen LogP contribution in [0.25, 0.3) is 16.8 Å². The largest absolute Gasteiger partial charge is 1.00 e. The summed E-state index contributed by atoms with van der Waals surface area (Å²) in [6, 6.07) is 16.4. The number of carbonyl (C=O) groups excluding carboxylic acids is 1. The summed E-state index contributed by atoms with van der Waals surface area (Å²) >= 11 is 0. The fraction of sp³-hybridized carbons (Fsp3) is 0.120. The Bertz CT molecular complexity index is 1600. The van der Waals surface area contributed by atoms with Crippen molar-refractivity contribution in [3.05, 3.63) is 95.6 Å². The van der Waals surface area contributed by atoms with Crippen molar-refractivity contribution in [2.75, 3.05) is 11.6 Å². The van der Waals surface area contributed by atoms with Gasteiger partial charge in [0.2, 0.25) is 0 Å². The van der Waals surface area contributed by atoms with Crippen LogP contribution in [0.3, 0.4) is 0 Å². The SMILES string of the molecule is CS(=O)(=O)c1ccccc1-c1ccc(NC(=O)c2cc(C(F)(F)F)nn2-c2cccc(CN)c2)c(F)c1.[Cl-]. The topological polar surface area (TPSA) is 107 Å². The summed E-state index contributed by atoms with van der Waals surface area (Å²) in [7, 11) is -3.61. The van der Waals surface area contributed by atoms with E-state index in [1.165, 1.54) is 42.5 Å². The van der Waals surface area contributed by atoms with Crippen LogP contribution in [0.2, 0.25) is 0 Å². The third-order valence-corrected chi connectivity index (χ3v) is 6.59. The van der Waals surface area contributed by atoms with E-state index >= 15 is 0 Å². The number of anilines is 1. The van der Waals surface area contributed by atoms with E-state index in [4.69, 9.17) is 5.73 Å². The minimum absolute atomic E-state index is 0. The molecule has 200 valence electrons. The van der Waals surface area contributed by atoms with Crippen molar-refractivity contribution in [1.29, 1.82) is 0 Å². The first-order valence-electron chi connectivity index (χ1n) is 10.8. The van der Waals surface area contributed by atoms with Gasteiger partial charge in [-0.1, -0.05) is 36.4 Å². The molecule has 7 nitrogen and oxygen atoms in total. The number of aromatic nitrogens is 2. The minimum atomic E-state index is -4.83. The van der Waals surface area contributed by atoms with Gasteiger partial charge in [-0.15, -0.1) is 0 Å². The molecule has 0 aliphatic carbocycles. The average molecular weight is 568 g/mol. The zero-order chi connectivity index (χ0) is 27.0. The molecule has 0 unspecified atom stereocenters. The van der Waals surface area contributed by atoms with Gasteiger partial charge in [0.15, 0.2) is 15.5 Å². The maximum absolute atomic E-state index is 15.0. The number of halogens is 5. The minimum Gasteiger partial charge on any atom is -1.00 e. The average Bonchev–Trinajstić information content (AvgIpc) is 3.31. The highest BCUT2D eigenvalue weighted by molar-refractivity contribution is 7.90. The smallest absolute Gasteiger partial charge is 0.435 e. The maximum Gasteiger partial charge on any atom is 0.435 e. The molecule has 4 aromatic rings. The van der Waals surface area contributed by atoms with E-state index in [1.807, 2.05) is 0 Å². The number of alkyl halides is 3. The van der Waals surface area contributed by atoms with Crippen molar-refractivity contribution >= 4 is 21.4 Å². The molecule has 0 bridgehead atoms. The fourth-order valence-electron chi connectivity index (χ4n) is 3.69. The van der Waals surface area contributed by atoms with Gasteiger partial charge >= 0.3 is 6.18 Å². The molecular weight excluding hydrogens is 548 g/mol. The van der Waals surface area contributed by atoms with Crippen molar-refractivity contribution < 1.29 is 43.2 Å². The highest BCUT2D eigenvalue weighted by Crippen LogP contribution is 2.32. The summed E-state index contributed by atoms with van der Waals surface area (Å²) in [5.74, 6) is -1.95. The molecule has 0 radical (unpaired) electrons. The molecule has 0 atom stereocenters. The van der Waals surface area contributed by atoms with Crippen LogP contribution in [0.4, 0.5) is 23.2 Å². The molecule has 0 saturated heterocycles. The molecule has 1 aromatic heterocycles. The number of hydrogen-bond acceptors (Lipinski definition) is 5. The van der Waals surface area contributed by atoms with E-state index in [-0.39, 0.29) is 46.3 Å². The molecule has 0 aliphatic rings. The lowest BCUT2D eigenvalue weighted by Gasteiger charge is -2.12. The third kappa shape index (κ3) is 6.04. The van der Waals surface area contributed by atoms with Gasteiger partial charge in [-0.3, -0.25) is 4.79 Å². The summed E-state index contributed by atoms with van der Waals surface area (Å²) in [5, 5.41) is 5.81. The number of sulfone groups is 1. The number of benzene rings is 3. The van der Waals surface area contributed by atoms with E-state index in [9.17, 15) is 30.8 Å². The predicted molar refractivity (Wildman–Crippen MR) is 129 cm³/mol. The van der Waals surface area contributed by atoms with Gasteiger partial charge in [0.1, 0.15) is 11.5 Å². The molecule has 0 fully saturated rings. The van der Waals surface area contributed by atoms with Gasteiger partial charge in [-0.25, -0.2) is 17.5 Å². The molecule has 1 heterocycles. The van der Waals surface area contributed by atoms with Crippen molar-refractivity contribution in [3.8, 4) is 16.8 Å². The van der Waals surface area contributed by atoms with Crippen LogP contribution >= 0.6 is 0 Å². The molecule has 13 heteroatoms. The Labute approximate surface area is 221 Å². The lowest BCUT2D eigenvalue weighted by Crippen LogP contribution is -3.00. The first-order chi connectivity index (χ1) is 17.4. The summed E-state index contributed by atoms with van der Waals surface area (Å²) in [6.45, 7) is 0.114. The van der Waals surface area contributed by atoms with E-state index in [0.29, 0.717) is 11.6 Å². The second kappa shape index (κ2) is 10.9. The van der Waals surface area contributed by atoms with Crippen LogP contribution in [-0.2, 0) is 22.6 Å². The highest BCUT2D eigenvalue weighted by atomic mass is 35.5. The molecular formula is C25H20ClF4N4O3S-. The molecule has 3 aromatic carbocycles. The van der Waals surface area contributed by atoms with Crippen LogP contribution in [0.5, 0.6) is 0 Å². The predicted octanol–water partition coefficient (Wildman–Crippen LogP) is 1.82. The quantitative estimate of drug-likeness (QED) is 0.346. The molecule has 38 heavy (non-hydrogen) atoms. The number of hydrogen-bond donors (Lipinski definition) is 2. The third-order valence-electron chi connectivity index (χ3n) is 5.44. The van der Waals surface area contributed by atoms with E-state index < -0.39 is 39.1 Å². The van der Waals surface area contributed by atoms with Crippen molar-refractivity contribution in [1.82, 2.24) is 9.78 Å². The Morgan fingerprint density at radius 1 is 1.03 bits per heavy atom. The Hall–Kier alpha value is -3.74. The lowest BCUT2D eigenvalue weighted by molar-refractivity contribution is -0.141. The Morgan fingerprint density at radius 2 is 1.74 bits per heavy atom. The highest BCUT2D eigenvalue weighted by Gasteiger charge is 2.36. The van der Waals surface area contributed by atoms with Gasteiger partial charge in [-0.05, 0) is 41.5 Å². The summed E-state index contributed by atoms with van der Waals surface area (Å²) in [6.07, 6.45) is -3.80. The van der Waals surface area contributed by atoms with Crippen LogP contribution in [0, 0.1) is 5.82 Å². The van der Waals surface area contributed by atoms with Crippen LogP contribution in [0.1, 0.15) is 21.7 Å². The van der Waals surface area contributed by atoms with Gasteiger partial charge < -0.3 is 23.5 Å². The molecule has 3 N–H and O–H groups in total. The molecule has 0 aliphatic heterocycles. The molecule has 1 amide bonds. The Kier molecular flexibility index (Phi) is 8.30. The molecule has 4 rings (SSSR count). The second-order valence-electron chi connectivity index (χ2n) is 8.12. The fourth-order valence-corrected chi connectivity index (χ4v) is 4.60. The molecule has 0 spiro atoms. The van der Waals surface area contributed by atoms with Crippen LogP contribution in [-0.4, -0.2) is 30.4 Å². The summed E-state index contributed by atoms with van der Waals surface area (Å²) < 4.78 is 80.1. The maximum atomic E-state index is 15.0. The number of rotatable bonds is 6. The lowest BCUT2D eigenvalue weighted by atomic mass is 10.0. The Morgan fingerprint density at radius 3 is 2.37 bits per heavy atom. The van der Waals surface area contributed by atoms with Gasteiger partial charge in [0.05, 0.1) is 16.3 Å². The second-order valence-corrected chi connectivity index (χ2v) is 10.1. The number of nitrogens with one attached hydrogen (secondary N) is 1. The van der Waals surface area contributed by atoms with E-state index in [2.05, 4.69) is 10.4 Å². The van der Waals surface area contributed by atoms with Crippen molar-refractivity contribution in [2.45, 2.75) is 17.6 Å². The van der Waals surface area contributed by atoms with Crippen molar-refractivity contribution in [3.63, 3.8) is 0 Å². The number of nitrogens with zero attached hydrogens (tertiary/aromatic N) is 2. The zero-order valence-electron chi connectivity index (χ0n) is 19.6. The van der Waals surface area contributed by atoms with E-state index in [0.717, 1.165) is 17.0 Å². The number of nitrogens with two attached hydrogens (primary N) is 1. The van der Waals surface area contributed by atoms with Crippen LogP contribution in [0.15, 0.2) is 77.7 Å². The van der Waals surface area contributed by atoms with Gasteiger partial charge in [0.25, 0.3) is 5.91 Å². The monoisotopic (exact) mass is 567 g/mol. The normalized spacial score (nSPS) is 11.6. The Balaban J connectivity index is 0.00000400. The number of amides is 1. The van der Waals surface area contributed by atoms with Crippen LogP contribution < -0.4 is 23.5 Å². The molecule has 0 saturated carbocycles. The van der Waals surface area contributed by atoms with Crippen molar-refractivity contribution in [2.24, 2.45) is 5.73 Å². The zero-order valence-corrected chi connectivity index (χ0v) is 21.2. The van der Waals surface area contributed by atoms with Gasteiger partial charge in [0, 0.05) is 24.4 Å². The summed E-state index contributed by atoms with van der Waals surface area (Å²) in [4.78, 5) is 13.0. The number of carbonyl (C=O) groups is 1. The first-order valence-corrected chi connectivity index (χ1v) is 12.6. The first kappa shape index (κ1) is 28.8. The summed E-state index contributed by atoms with van der Waals surface area (Å²) in [5.41, 5.74) is 4.77.